The third kappa shape index (κ3) is 4.37. The molecule has 1 saturated heterocycles. The fraction of sp³-hybridized carbons (Fsp3) is 0.409. The Morgan fingerprint density at radius 2 is 1.59 bits per heavy atom. The minimum absolute atomic E-state index is 0.119. The zero-order chi connectivity index (χ0) is 21.4. The molecule has 1 aliphatic rings. The Morgan fingerprint density at radius 1 is 1.07 bits per heavy atom. The molecule has 2 aromatic rings. The lowest BCUT2D eigenvalue weighted by Crippen LogP contribution is -2.58. The van der Waals surface area contributed by atoms with Crippen LogP contribution >= 0.6 is 11.8 Å². The fourth-order valence-electron chi connectivity index (χ4n) is 3.65. The van der Waals surface area contributed by atoms with Gasteiger partial charge in [-0.2, -0.15) is 16.1 Å². The predicted molar refractivity (Wildman–Crippen MR) is 118 cm³/mol. The summed E-state index contributed by atoms with van der Waals surface area (Å²) in [7, 11) is -3.91. The first-order valence-corrected chi connectivity index (χ1v) is 12.1. The molecule has 1 fully saturated rings. The summed E-state index contributed by atoms with van der Waals surface area (Å²) in [6.45, 7) is 8.02. The zero-order valence-corrected chi connectivity index (χ0v) is 18.8. The molecule has 1 N–H and O–H groups in total. The minimum Gasteiger partial charge on any atom is -0.480 e. The van der Waals surface area contributed by atoms with Crippen molar-refractivity contribution < 1.29 is 18.3 Å². The molecule has 1 heterocycles. The Labute approximate surface area is 177 Å². The molecule has 0 aromatic heterocycles. The summed E-state index contributed by atoms with van der Waals surface area (Å²) >= 11 is 1.49. The van der Waals surface area contributed by atoms with Crippen molar-refractivity contribution in [3.63, 3.8) is 0 Å². The molecule has 2 aromatic carbocycles. The van der Waals surface area contributed by atoms with E-state index in [1.54, 1.807) is 38.1 Å². The van der Waals surface area contributed by atoms with Crippen LogP contribution in [0.3, 0.4) is 0 Å². The van der Waals surface area contributed by atoms with Crippen LogP contribution in [0.15, 0.2) is 53.4 Å². The van der Waals surface area contributed by atoms with Gasteiger partial charge in [-0.3, -0.25) is 4.79 Å². The summed E-state index contributed by atoms with van der Waals surface area (Å²) in [5, 5.41) is 9.69. The molecule has 0 saturated carbocycles. The number of nitrogens with zero attached hydrogens (tertiary/aromatic N) is 1. The normalized spacial score (nSPS) is 20.0. The van der Waals surface area contributed by atoms with E-state index in [-0.39, 0.29) is 11.4 Å². The van der Waals surface area contributed by atoms with Crippen molar-refractivity contribution >= 4 is 27.8 Å². The molecule has 0 aliphatic carbocycles. The van der Waals surface area contributed by atoms with Crippen LogP contribution in [-0.2, 0) is 14.8 Å². The first-order valence-electron chi connectivity index (χ1n) is 9.63. The maximum Gasteiger partial charge on any atom is 0.323 e. The fourth-order valence-corrected chi connectivity index (χ4v) is 6.74. The molecule has 1 aliphatic heterocycles. The van der Waals surface area contributed by atoms with E-state index in [1.807, 2.05) is 12.1 Å². The van der Waals surface area contributed by atoms with E-state index < -0.39 is 26.8 Å². The summed E-state index contributed by atoms with van der Waals surface area (Å²) in [6.07, 6.45) is 0. The van der Waals surface area contributed by atoms with Crippen molar-refractivity contribution in [2.75, 3.05) is 12.3 Å². The van der Waals surface area contributed by atoms with Crippen molar-refractivity contribution in [1.82, 2.24) is 4.31 Å². The number of sulfonamides is 1. The second-order valence-corrected chi connectivity index (χ2v) is 11.7. The Bertz CT molecular complexity index is 980. The molecule has 1 unspecified atom stereocenters. The third-order valence-electron chi connectivity index (χ3n) is 5.34. The molecular formula is C22H27NO4S2. The second-order valence-electron chi connectivity index (χ2n) is 8.11. The summed E-state index contributed by atoms with van der Waals surface area (Å²) in [5.74, 6) is -0.102. The van der Waals surface area contributed by atoms with Crippen molar-refractivity contribution in [3.05, 3.63) is 54.1 Å². The van der Waals surface area contributed by atoms with E-state index in [0.717, 1.165) is 15.4 Å². The Balaban J connectivity index is 1.91. The average Bonchev–Trinajstić information content (AvgIpc) is 2.67. The summed E-state index contributed by atoms with van der Waals surface area (Å²) < 4.78 is 26.9. The van der Waals surface area contributed by atoms with Gasteiger partial charge in [-0.25, -0.2) is 8.42 Å². The van der Waals surface area contributed by atoms with E-state index in [2.05, 4.69) is 26.0 Å². The molecule has 7 heteroatoms. The number of thioether (sulfide) groups is 1. The highest BCUT2D eigenvalue weighted by atomic mass is 32.2. The highest BCUT2D eigenvalue weighted by Crippen LogP contribution is 2.38. The number of hydrogen-bond donors (Lipinski definition) is 1. The van der Waals surface area contributed by atoms with E-state index in [1.165, 1.54) is 17.3 Å². The van der Waals surface area contributed by atoms with Crippen LogP contribution in [0, 0.1) is 0 Å². The van der Waals surface area contributed by atoms with E-state index in [9.17, 15) is 18.3 Å². The van der Waals surface area contributed by atoms with Gasteiger partial charge in [-0.05, 0) is 48.6 Å². The highest BCUT2D eigenvalue weighted by Gasteiger charge is 2.48. The molecular weight excluding hydrogens is 406 g/mol. The smallest absolute Gasteiger partial charge is 0.323 e. The van der Waals surface area contributed by atoms with Gasteiger partial charge in [0.1, 0.15) is 6.04 Å². The number of rotatable bonds is 5. The molecule has 0 amide bonds. The van der Waals surface area contributed by atoms with E-state index >= 15 is 0 Å². The van der Waals surface area contributed by atoms with Gasteiger partial charge >= 0.3 is 5.97 Å². The zero-order valence-electron chi connectivity index (χ0n) is 17.1. The number of benzene rings is 2. The largest absolute Gasteiger partial charge is 0.480 e. The first kappa shape index (κ1) is 21.9. The maximum atomic E-state index is 13.2. The van der Waals surface area contributed by atoms with Crippen LogP contribution in [0.2, 0.25) is 0 Å². The Hall–Kier alpha value is -1.83. The molecule has 3 rings (SSSR count). The van der Waals surface area contributed by atoms with E-state index in [0.29, 0.717) is 11.7 Å². The Morgan fingerprint density at radius 3 is 2.07 bits per heavy atom. The minimum atomic E-state index is -3.91. The Kier molecular flexibility index (Phi) is 6.13. The van der Waals surface area contributed by atoms with E-state index in [4.69, 9.17) is 0 Å². The molecule has 156 valence electrons. The van der Waals surface area contributed by atoms with Gasteiger partial charge in [-0.15, -0.1) is 0 Å². The number of carboxylic acids is 1. The van der Waals surface area contributed by atoms with Crippen molar-refractivity contribution in [2.24, 2.45) is 0 Å². The predicted octanol–water partition coefficient (Wildman–Crippen LogP) is 4.45. The molecule has 0 radical (unpaired) electrons. The summed E-state index contributed by atoms with van der Waals surface area (Å²) in [5.41, 5.74) is 3.18. The topological polar surface area (TPSA) is 74.7 Å². The molecule has 0 bridgehead atoms. The van der Waals surface area contributed by atoms with Crippen LogP contribution in [-0.4, -0.2) is 46.9 Å². The number of carboxylic acid groups (broad SMARTS) is 1. The van der Waals surface area contributed by atoms with Crippen LogP contribution in [0.25, 0.3) is 11.1 Å². The molecule has 5 nitrogen and oxygen atoms in total. The monoisotopic (exact) mass is 433 g/mol. The van der Waals surface area contributed by atoms with Crippen LogP contribution < -0.4 is 0 Å². The molecule has 0 spiro atoms. The average molecular weight is 434 g/mol. The van der Waals surface area contributed by atoms with Gasteiger partial charge in [0.2, 0.25) is 10.0 Å². The lowest BCUT2D eigenvalue weighted by atomic mass is 9.99. The number of hydrogen-bond acceptors (Lipinski definition) is 4. The quantitative estimate of drug-likeness (QED) is 0.754. The van der Waals surface area contributed by atoms with Crippen molar-refractivity contribution in [1.29, 1.82) is 0 Å². The van der Waals surface area contributed by atoms with Crippen molar-refractivity contribution in [2.45, 2.75) is 49.3 Å². The van der Waals surface area contributed by atoms with Crippen LogP contribution in [0.4, 0.5) is 0 Å². The second kappa shape index (κ2) is 8.13. The van der Waals surface area contributed by atoms with Crippen LogP contribution in [0.1, 0.15) is 39.2 Å². The van der Waals surface area contributed by atoms with Gasteiger partial charge in [-0.1, -0.05) is 50.2 Å². The van der Waals surface area contributed by atoms with Gasteiger partial charge in [0.05, 0.1) is 4.90 Å². The van der Waals surface area contributed by atoms with Gasteiger partial charge in [0, 0.05) is 17.0 Å². The van der Waals surface area contributed by atoms with Gasteiger partial charge < -0.3 is 5.11 Å². The van der Waals surface area contributed by atoms with Gasteiger partial charge in [0.15, 0.2) is 0 Å². The SMILES string of the molecule is CC(C)c1ccc(-c2ccc(S(=O)(=O)N3CCSC(C)(C)C3C(=O)O)cc2)cc1. The summed E-state index contributed by atoms with van der Waals surface area (Å²) in [4.78, 5) is 12.0. The lowest BCUT2D eigenvalue weighted by molar-refractivity contribution is -0.142. The van der Waals surface area contributed by atoms with Crippen LogP contribution in [0.5, 0.6) is 0 Å². The summed E-state index contributed by atoms with van der Waals surface area (Å²) in [6, 6.07) is 13.8. The third-order valence-corrected chi connectivity index (χ3v) is 8.57. The standard InChI is InChI=1S/C22H27NO4S2/c1-15(2)16-5-7-17(8-6-16)18-9-11-19(12-10-18)29(26,27)23-13-14-28-22(3,4)20(23)21(24)25/h5-12,15,20H,13-14H2,1-4H3,(H,24,25). The highest BCUT2D eigenvalue weighted by molar-refractivity contribution is 8.00. The first-order chi connectivity index (χ1) is 13.5. The molecule has 29 heavy (non-hydrogen) atoms. The molecule has 1 atom stereocenters. The van der Waals surface area contributed by atoms with Crippen molar-refractivity contribution in [3.8, 4) is 11.1 Å². The maximum absolute atomic E-state index is 13.2. The van der Waals surface area contributed by atoms with Gasteiger partial charge in [0.25, 0.3) is 0 Å². The number of aliphatic carboxylic acids is 1. The number of carbonyl (C=O) groups is 1. The lowest BCUT2D eigenvalue weighted by Gasteiger charge is -2.42.